The predicted octanol–water partition coefficient (Wildman–Crippen LogP) is 2.88. The highest BCUT2D eigenvalue weighted by Gasteiger charge is 2.26. The molecule has 0 radical (unpaired) electrons. The van der Waals surface area contributed by atoms with E-state index in [0.29, 0.717) is 13.1 Å². The van der Waals surface area contributed by atoms with Crippen molar-refractivity contribution in [3.63, 3.8) is 0 Å². The Bertz CT molecular complexity index is 511. The third kappa shape index (κ3) is 6.14. The highest BCUT2D eigenvalue weighted by Crippen LogP contribution is 2.19. The molecule has 1 aromatic heterocycles. The molecule has 5 nitrogen and oxygen atoms in total. The van der Waals surface area contributed by atoms with Crippen LogP contribution in [-0.2, 0) is 16.1 Å². The zero-order valence-electron chi connectivity index (χ0n) is 13.4. The molecule has 0 spiro atoms. The maximum Gasteiger partial charge on any atom is 0.308 e. The molecule has 23 heavy (non-hydrogen) atoms. The Hall–Kier alpha value is -1.09. The maximum atomic E-state index is 11.6. The van der Waals surface area contributed by atoms with Gasteiger partial charge in [-0.1, -0.05) is 12.1 Å². The summed E-state index contributed by atoms with van der Waals surface area (Å²) in [4.78, 5) is 19.7. The van der Waals surface area contributed by atoms with Gasteiger partial charge in [0.05, 0.1) is 19.6 Å². The largest absolute Gasteiger partial charge is 0.469 e. The number of carbonyl (C=O) groups is 1. The van der Waals surface area contributed by atoms with Crippen LogP contribution in [0.1, 0.15) is 17.7 Å². The summed E-state index contributed by atoms with van der Waals surface area (Å²) >= 11 is 1.71. The van der Waals surface area contributed by atoms with Crippen molar-refractivity contribution in [3.8, 4) is 0 Å². The van der Waals surface area contributed by atoms with Crippen LogP contribution < -0.4 is 5.32 Å². The molecular formula is C16H24IN3O2S. The molecule has 0 aromatic carbocycles. The Balaban J connectivity index is 0.00000264. The standard InChI is InChI=1S/C16H23N3O2S.HI/c1-3-8-17-16(18-12-14-5-4-11-22-14)19-9-6-13(7-10-19)15(20)21-2;/h3-5,11,13H,1,6-10,12H2,2H3,(H,17,18);1H. The molecule has 2 heterocycles. The summed E-state index contributed by atoms with van der Waals surface area (Å²) in [6.07, 6.45) is 3.43. The normalized spacial score (nSPS) is 15.7. The van der Waals surface area contributed by atoms with Crippen molar-refractivity contribution < 1.29 is 9.53 Å². The number of likely N-dealkylation sites (tertiary alicyclic amines) is 1. The number of hydrogen-bond acceptors (Lipinski definition) is 4. The third-order valence-corrected chi connectivity index (χ3v) is 4.56. The monoisotopic (exact) mass is 449 g/mol. The molecule has 0 amide bonds. The lowest BCUT2D eigenvalue weighted by atomic mass is 9.97. The van der Waals surface area contributed by atoms with Crippen molar-refractivity contribution >= 4 is 47.2 Å². The van der Waals surface area contributed by atoms with Crippen LogP contribution in [0.15, 0.2) is 35.2 Å². The molecular weight excluding hydrogens is 425 g/mol. The third-order valence-electron chi connectivity index (χ3n) is 3.70. The molecule has 0 unspecified atom stereocenters. The number of ether oxygens (including phenoxy) is 1. The summed E-state index contributed by atoms with van der Waals surface area (Å²) in [7, 11) is 1.45. The first-order valence-electron chi connectivity index (χ1n) is 7.49. The second kappa shape index (κ2) is 10.6. The molecule has 0 bridgehead atoms. The van der Waals surface area contributed by atoms with E-state index in [1.807, 2.05) is 12.1 Å². The average molecular weight is 449 g/mol. The summed E-state index contributed by atoms with van der Waals surface area (Å²) in [6, 6.07) is 4.12. The summed E-state index contributed by atoms with van der Waals surface area (Å²) in [5.41, 5.74) is 0. The first kappa shape index (κ1) is 20.0. The Morgan fingerprint density at radius 3 is 2.87 bits per heavy atom. The van der Waals surface area contributed by atoms with Crippen molar-refractivity contribution in [2.24, 2.45) is 10.9 Å². The van der Waals surface area contributed by atoms with Gasteiger partial charge < -0.3 is 15.0 Å². The van der Waals surface area contributed by atoms with Crippen LogP contribution in [0.2, 0.25) is 0 Å². The number of aliphatic imine (C=N–C) groups is 1. The van der Waals surface area contributed by atoms with Gasteiger partial charge in [0.1, 0.15) is 0 Å². The quantitative estimate of drug-likeness (QED) is 0.247. The summed E-state index contributed by atoms with van der Waals surface area (Å²) in [5.74, 6) is 0.798. The molecule has 1 fully saturated rings. The topological polar surface area (TPSA) is 53.9 Å². The van der Waals surface area contributed by atoms with Gasteiger partial charge >= 0.3 is 5.97 Å². The van der Waals surface area contributed by atoms with Crippen molar-refractivity contribution in [1.29, 1.82) is 0 Å². The Morgan fingerprint density at radius 1 is 1.57 bits per heavy atom. The second-order valence-electron chi connectivity index (χ2n) is 5.17. The van der Waals surface area contributed by atoms with Crippen LogP contribution in [0.4, 0.5) is 0 Å². The zero-order valence-corrected chi connectivity index (χ0v) is 16.5. The van der Waals surface area contributed by atoms with Gasteiger partial charge in [0.2, 0.25) is 0 Å². The van der Waals surface area contributed by atoms with Crippen LogP contribution in [0.3, 0.4) is 0 Å². The van der Waals surface area contributed by atoms with E-state index in [2.05, 4.69) is 28.2 Å². The minimum Gasteiger partial charge on any atom is -0.469 e. The van der Waals surface area contributed by atoms with E-state index >= 15 is 0 Å². The van der Waals surface area contributed by atoms with E-state index in [0.717, 1.165) is 31.9 Å². The zero-order chi connectivity index (χ0) is 15.8. The van der Waals surface area contributed by atoms with E-state index in [1.165, 1.54) is 12.0 Å². The number of halogens is 1. The highest BCUT2D eigenvalue weighted by molar-refractivity contribution is 14.0. The number of guanidine groups is 1. The number of thiophene rings is 1. The number of methoxy groups -OCH3 is 1. The number of piperidine rings is 1. The number of rotatable bonds is 5. The molecule has 1 aromatic rings. The fourth-order valence-corrected chi connectivity index (χ4v) is 3.11. The van der Waals surface area contributed by atoms with Gasteiger partial charge in [0, 0.05) is 24.5 Å². The van der Waals surface area contributed by atoms with Crippen LogP contribution in [0.5, 0.6) is 0 Å². The fraction of sp³-hybridized carbons (Fsp3) is 0.500. The number of esters is 1. The smallest absolute Gasteiger partial charge is 0.308 e. The van der Waals surface area contributed by atoms with E-state index in [1.54, 1.807) is 11.3 Å². The summed E-state index contributed by atoms with van der Waals surface area (Å²) < 4.78 is 4.83. The van der Waals surface area contributed by atoms with Crippen LogP contribution in [-0.4, -0.2) is 43.6 Å². The average Bonchev–Trinajstić information content (AvgIpc) is 3.08. The summed E-state index contributed by atoms with van der Waals surface area (Å²) in [6.45, 7) is 6.72. The Morgan fingerprint density at radius 2 is 2.30 bits per heavy atom. The minimum atomic E-state index is -0.101. The molecule has 2 rings (SSSR count). The number of nitrogens with one attached hydrogen (secondary N) is 1. The number of hydrogen-bond donors (Lipinski definition) is 1. The molecule has 0 aliphatic carbocycles. The molecule has 1 N–H and O–H groups in total. The van der Waals surface area contributed by atoms with E-state index in [9.17, 15) is 4.79 Å². The number of nitrogens with zero attached hydrogens (tertiary/aromatic N) is 2. The predicted molar refractivity (Wildman–Crippen MR) is 105 cm³/mol. The van der Waals surface area contributed by atoms with Crippen molar-refractivity contribution in [2.45, 2.75) is 19.4 Å². The van der Waals surface area contributed by atoms with Crippen molar-refractivity contribution in [3.05, 3.63) is 35.0 Å². The SMILES string of the molecule is C=CCNC(=NCc1cccs1)N1CCC(C(=O)OC)CC1.I. The van der Waals surface area contributed by atoms with E-state index in [4.69, 9.17) is 9.73 Å². The van der Waals surface area contributed by atoms with Gasteiger partial charge in [0.25, 0.3) is 0 Å². The van der Waals surface area contributed by atoms with Gasteiger partial charge in [-0.15, -0.1) is 41.9 Å². The molecule has 7 heteroatoms. The highest BCUT2D eigenvalue weighted by atomic mass is 127. The lowest BCUT2D eigenvalue weighted by Gasteiger charge is -2.33. The maximum absolute atomic E-state index is 11.6. The molecule has 1 saturated heterocycles. The fourth-order valence-electron chi connectivity index (χ4n) is 2.48. The van der Waals surface area contributed by atoms with Crippen molar-refractivity contribution in [1.82, 2.24) is 10.2 Å². The molecule has 0 atom stereocenters. The van der Waals surface area contributed by atoms with Gasteiger partial charge in [-0.05, 0) is 24.3 Å². The number of carbonyl (C=O) groups excluding carboxylic acids is 1. The second-order valence-corrected chi connectivity index (χ2v) is 6.21. The van der Waals surface area contributed by atoms with Gasteiger partial charge in [-0.25, -0.2) is 4.99 Å². The Labute approximate surface area is 158 Å². The summed E-state index contributed by atoms with van der Waals surface area (Å²) in [5, 5.41) is 5.37. The Kier molecular flexibility index (Phi) is 9.23. The van der Waals surface area contributed by atoms with E-state index in [-0.39, 0.29) is 35.9 Å². The molecule has 1 aliphatic heterocycles. The van der Waals surface area contributed by atoms with Crippen LogP contribution in [0, 0.1) is 5.92 Å². The van der Waals surface area contributed by atoms with Crippen LogP contribution >= 0.6 is 35.3 Å². The molecule has 0 saturated carbocycles. The molecule has 128 valence electrons. The first-order chi connectivity index (χ1) is 10.7. The lowest BCUT2D eigenvalue weighted by Crippen LogP contribution is -2.46. The van der Waals surface area contributed by atoms with Gasteiger partial charge in [-0.3, -0.25) is 4.79 Å². The van der Waals surface area contributed by atoms with E-state index < -0.39 is 0 Å². The van der Waals surface area contributed by atoms with Gasteiger partial charge in [-0.2, -0.15) is 0 Å². The van der Waals surface area contributed by atoms with Crippen LogP contribution in [0.25, 0.3) is 0 Å². The lowest BCUT2D eigenvalue weighted by molar-refractivity contribution is -0.146. The minimum absolute atomic E-state index is 0. The first-order valence-corrected chi connectivity index (χ1v) is 8.37. The molecule has 1 aliphatic rings. The van der Waals surface area contributed by atoms with Gasteiger partial charge in [0.15, 0.2) is 5.96 Å². The van der Waals surface area contributed by atoms with Crippen molar-refractivity contribution in [2.75, 3.05) is 26.7 Å².